The van der Waals surface area contributed by atoms with Crippen LogP contribution in [-0.2, 0) is 11.2 Å². The summed E-state index contributed by atoms with van der Waals surface area (Å²) in [6, 6.07) is 4.26. The molecule has 1 atom stereocenters. The van der Waals surface area contributed by atoms with E-state index in [2.05, 4.69) is 5.32 Å². The van der Waals surface area contributed by atoms with Gasteiger partial charge in [-0.05, 0) is 43.0 Å². The van der Waals surface area contributed by atoms with Gasteiger partial charge in [0.15, 0.2) is 0 Å². The molecule has 3 N–H and O–H groups in total. The lowest BCUT2D eigenvalue weighted by Gasteiger charge is -2.12. The lowest BCUT2D eigenvalue weighted by Crippen LogP contribution is -2.41. The van der Waals surface area contributed by atoms with Crippen molar-refractivity contribution in [2.24, 2.45) is 5.73 Å². The second-order valence-electron chi connectivity index (χ2n) is 4.51. The molecule has 0 spiro atoms. The number of rotatable bonds is 6. The predicted octanol–water partition coefficient (Wildman–Crippen LogP) is 1.92. The molecule has 0 aromatic heterocycles. The molecule has 0 saturated carbocycles. The van der Waals surface area contributed by atoms with E-state index >= 15 is 0 Å². The minimum absolute atomic E-state index is 0.114. The summed E-state index contributed by atoms with van der Waals surface area (Å²) in [5.74, 6) is -0.345. The van der Waals surface area contributed by atoms with Gasteiger partial charge in [0.05, 0.1) is 6.04 Å². The number of halogens is 1. The van der Waals surface area contributed by atoms with Gasteiger partial charge in [-0.25, -0.2) is 4.39 Å². The Kier molecular flexibility index (Phi) is 5.78. The number of carbonyl (C=O) groups is 1. The number of nitrogens with one attached hydrogen (secondary N) is 1. The summed E-state index contributed by atoms with van der Waals surface area (Å²) in [7, 11) is 0. The molecule has 4 heteroatoms. The van der Waals surface area contributed by atoms with Crippen LogP contribution in [0, 0.1) is 12.7 Å². The number of carbonyl (C=O) groups excluding carboxylic acids is 1. The molecule has 0 aliphatic heterocycles. The summed E-state index contributed by atoms with van der Waals surface area (Å²) in [4.78, 5) is 11.6. The molecule has 18 heavy (non-hydrogen) atoms. The van der Waals surface area contributed by atoms with Crippen molar-refractivity contribution in [3.05, 3.63) is 35.1 Å². The first-order valence-electron chi connectivity index (χ1n) is 6.33. The first-order valence-corrected chi connectivity index (χ1v) is 6.33. The maximum absolute atomic E-state index is 12.9. The van der Waals surface area contributed by atoms with Gasteiger partial charge in [0, 0.05) is 6.54 Å². The predicted molar refractivity (Wildman–Crippen MR) is 70.7 cm³/mol. The van der Waals surface area contributed by atoms with Crippen LogP contribution in [0.1, 0.15) is 30.9 Å². The van der Waals surface area contributed by atoms with Crippen molar-refractivity contribution in [3.63, 3.8) is 0 Å². The lowest BCUT2D eigenvalue weighted by atomic mass is 10.1. The molecule has 3 nitrogen and oxygen atoms in total. The van der Waals surface area contributed by atoms with E-state index in [0.29, 0.717) is 19.4 Å². The Morgan fingerprint density at radius 3 is 2.83 bits per heavy atom. The van der Waals surface area contributed by atoms with Gasteiger partial charge in [0.2, 0.25) is 5.91 Å². The van der Waals surface area contributed by atoms with Gasteiger partial charge in [0.1, 0.15) is 5.82 Å². The highest BCUT2D eigenvalue weighted by atomic mass is 19.1. The number of hydrogen-bond donors (Lipinski definition) is 2. The molecule has 1 aromatic carbocycles. The van der Waals surface area contributed by atoms with Crippen LogP contribution in [-0.4, -0.2) is 18.5 Å². The van der Waals surface area contributed by atoms with Crippen LogP contribution in [0.2, 0.25) is 0 Å². The number of nitrogens with two attached hydrogens (primary N) is 1. The molecule has 0 unspecified atom stereocenters. The summed E-state index contributed by atoms with van der Waals surface area (Å²) in [5, 5.41) is 2.80. The van der Waals surface area contributed by atoms with Crippen LogP contribution in [0.5, 0.6) is 0 Å². The Morgan fingerprint density at radius 1 is 1.50 bits per heavy atom. The molecule has 0 fully saturated rings. The molecule has 0 heterocycles. The van der Waals surface area contributed by atoms with Crippen LogP contribution >= 0.6 is 0 Å². The number of benzene rings is 1. The minimum atomic E-state index is -0.427. The van der Waals surface area contributed by atoms with E-state index in [4.69, 9.17) is 5.73 Å². The lowest BCUT2D eigenvalue weighted by molar-refractivity contribution is -0.122. The fraction of sp³-hybridized carbons (Fsp3) is 0.500. The van der Waals surface area contributed by atoms with E-state index in [1.807, 2.05) is 13.8 Å². The van der Waals surface area contributed by atoms with Crippen LogP contribution < -0.4 is 11.1 Å². The van der Waals surface area contributed by atoms with Gasteiger partial charge in [0.25, 0.3) is 0 Å². The molecule has 0 saturated heterocycles. The van der Waals surface area contributed by atoms with E-state index in [0.717, 1.165) is 17.5 Å². The molecule has 1 aromatic rings. The third kappa shape index (κ3) is 4.45. The van der Waals surface area contributed by atoms with Crippen molar-refractivity contribution in [2.45, 2.75) is 39.2 Å². The second-order valence-corrected chi connectivity index (χ2v) is 4.51. The number of hydrogen-bond acceptors (Lipinski definition) is 2. The quantitative estimate of drug-likeness (QED) is 0.812. The van der Waals surface area contributed by atoms with Gasteiger partial charge in [-0.1, -0.05) is 19.4 Å². The van der Waals surface area contributed by atoms with Crippen molar-refractivity contribution in [3.8, 4) is 0 Å². The molecule has 1 rings (SSSR count). The Hall–Kier alpha value is -1.42. The average molecular weight is 252 g/mol. The van der Waals surface area contributed by atoms with Crippen molar-refractivity contribution in [2.75, 3.05) is 6.54 Å². The zero-order chi connectivity index (χ0) is 13.5. The second kappa shape index (κ2) is 7.11. The summed E-state index contributed by atoms with van der Waals surface area (Å²) in [6.45, 7) is 4.39. The first kappa shape index (κ1) is 14.6. The fourth-order valence-electron chi connectivity index (χ4n) is 1.83. The third-order valence-electron chi connectivity index (χ3n) is 2.93. The summed E-state index contributed by atoms with van der Waals surface area (Å²) in [5.41, 5.74) is 7.64. The topological polar surface area (TPSA) is 55.1 Å². The van der Waals surface area contributed by atoms with Gasteiger partial charge in [-0.15, -0.1) is 0 Å². The number of amides is 1. The highest BCUT2D eigenvalue weighted by Crippen LogP contribution is 2.10. The molecule has 0 aliphatic rings. The average Bonchev–Trinajstić information content (AvgIpc) is 2.32. The third-order valence-corrected chi connectivity index (χ3v) is 2.93. The van der Waals surface area contributed by atoms with E-state index < -0.39 is 6.04 Å². The van der Waals surface area contributed by atoms with E-state index in [-0.39, 0.29) is 11.7 Å². The van der Waals surface area contributed by atoms with Gasteiger partial charge >= 0.3 is 0 Å². The highest BCUT2D eigenvalue weighted by molar-refractivity contribution is 5.81. The van der Waals surface area contributed by atoms with Gasteiger partial charge in [-0.3, -0.25) is 4.79 Å². The largest absolute Gasteiger partial charge is 0.354 e. The van der Waals surface area contributed by atoms with Crippen molar-refractivity contribution in [1.82, 2.24) is 5.32 Å². The zero-order valence-corrected chi connectivity index (χ0v) is 11.0. The van der Waals surface area contributed by atoms with E-state index in [9.17, 15) is 9.18 Å². The normalized spacial score (nSPS) is 12.2. The number of aryl methyl sites for hydroxylation is 1. The standard InChI is InChI=1S/C14H21FN2O/c1-3-4-13(16)14(18)17-8-7-11-5-6-12(15)9-10(11)2/h5-6,9,13H,3-4,7-8,16H2,1-2H3,(H,17,18)/t13-/m0/s1. The molecule has 100 valence electrons. The molecule has 1 amide bonds. The Bertz CT molecular complexity index is 407. The van der Waals surface area contributed by atoms with Crippen LogP contribution in [0.3, 0.4) is 0 Å². The fourth-order valence-corrected chi connectivity index (χ4v) is 1.83. The highest BCUT2D eigenvalue weighted by Gasteiger charge is 2.11. The van der Waals surface area contributed by atoms with Crippen molar-refractivity contribution < 1.29 is 9.18 Å². The summed E-state index contributed by atoms with van der Waals surface area (Å²) < 4.78 is 12.9. The molecule has 0 aliphatic carbocycles. The summed E-state index contributed by atoms with van der Waals surface area (Å²) in [6.07, 6.45) is 2.28. The van der Waals surface area contributed by atoms with Crippen molar-refractivity contribution >= 4 is 5.91 Å². The van der Waals surface area contributed by atoms with Crippen LogP contribution in [0.15, 0.2) is 18.2 Å². The van der Waals surface area contributed by atoms with Gasteiger partial charge < -0.3 is 11.1 Å². The maximum Gasteiger partial charge on any atom is 0.236 e. The summed E-state index contributed by atoms with van der Waals surface area (Å²) >= 11 is 0. The monoisotopic (exact) mass is 252 g/mol. The minimum Gasteiger partial charge on any atom is -0.354 e. The Morgan fingerprint density at radius 2 is 2.22 bits per heavy atom. The van der Waals surface area contributed by atoms with Crippen LogP contribution in [0.25, 0.3) is 0 Å². The van der Waals surface area contributed by atoms with Gasteiger partial charge in [-0.2, -0.15) is 0 Å². The smallest absolute Gasteiger partial charge is 0.236 e. The Balaban J connectivity index is 2.39. The Labute approximate surface area is 108 Å². The molecular weight excluding hydrogens is 231 g/mol. The van der Waals surface area contributed by atoms with Crippen molar-refractivity contribution in [1.29, 1.82) is 0 Å². The maximum atomic E-state index is 12.9. The van der Waals surface area contributed by atoms with E-state index in [1.54, 1.807) is 6.07 Å². The van der Waals surface area contributed by atoms with E-state index in [1.165, 1.54) is 12.1 Å². The molecule has 0 bridgehead atoms. The molecule has 0 radical (unpaired) electrons. The zero-order valence-electron chi connectivity index (χ0n) is 11.0. The molecular formula is C14H21FN2O. The van der Waals surface area contributed by atoms with Crippen LogP contribution in [0.4, 0.5) is 4.39 Å². The first-order chi connectivity index (χ1) is 8.54. The SMILES string of the molecule is CCC[C@H](N)C(=O)NCCc1ccc(F)cc1C.